The molecule has 1 atom stereocenters. The van der Waals surface area contributed by atoms with Gasteiger partial charge in [0.2, 0.25) is 5.78 Å². The average molecular weight is 420 g/mol. The van der Waals surface area contributed by atoms with Gasteiger partial charge in [0.05, 0.1) is 11.5 Å². The first-order valence-electron chi connectivity index (χ1n) is 9.75. The molecule has 0 N–H and O–H groups in total. The molecule has 0 saturated heterocycles. The molecule has 2 heterocycles. The van der Waals surface area contributed by atoms with Crippen LogP contribution in [0.1, 0.15) is 58.9 Å². The highest BCUT2D eigenvalue weighted by Crippen LogP contribution is 2.51. The summed E-state index contributed by atoms with van der Waals surface area (Å²) in [5.41, 5.74) is 1.63. The Balaban J connectivity index is 1.76. The summed E-state index contributed by atoms with van der Waals surface area (Å²) in [5.74, 6) is -0.939. The van der Waals surface area contributed by atoms with E-state index in [2.05, 4.69) is 4.98 Å². The zero-order valence-corrected chi connectivity index (χ0v) is 17.2. The van der Waals surface area contributed by atoms with Crippen molar-refractivity contribution in [2.24, 2.45) is 5.41 Å². The number of ether oxygens (including phenoxy) is 1. The highest BCUT2D eigenvalue weighted by molar-refractivity contribution is 6.29. The maximum atomic E-state index is 13.5. The number of carbonyl (C=O) groups excluding carboxylic acids is 3. The number of allylic oxidation sites excluding steroid dienone is 4. The molecule has 0 saturated carbocycles. The minimum absolute atomic E-state index is 0.0166. The molecule has 0 spiro atoms. The highest BCUT2D eigenvalue weighted by Gasteiger charge is 2.48. The second-order valence-corrected chi connectivity index (χ2v) is 9.06. The highest BCUT2D eigenvalue weighted by atomic mass is 35.5. The molecule has 1 aliphatic heterocycles. The van der Waals surface area contributed by atoms with E-state index in [9.17, 15) is 14.4 Å². The molecule has 3 aliphatic rings. The first kappa shape index (κ1) is 18.9. The molecule has 0 fully saturated rings. The van der Waals surface area contributed by atoms with Crippen LogP contribution in [0.5, 0.6) is 0 Å². The van der Waals surface area contributed by atoms with Gasteiger partial charge in [0.15, 0.2) is 17.3 Å². The van der Waals surface area contributed by atoms with Crippen LogP contribution in [0.25, 0.3) is 0 Å². The number of carbonyl (C=O) groups is 3. The van der Waals surface area contributed by atoms with Crippen molar-refractivity contribution in [3.8, 4) is 0 Å². The van der Waals surface area contributed by atoms with Gasteiger partial charge in [-0.2, -0.15) is 0 Å². The van der Waals surface area contributed by atoms with E-state index in [0.29, 0.717) is 46.0 Å². The molecular weight excluding hydrogens is 402 g/mol. The summed E-state index contributed by atoms with van der Waals surface area (Å²) in [4.78, 5) is 44.1. The molecule has 1 unspecified atom stereocenters. The SMILES string of the molecule is CC1(C)CC(=O)C2=C(C1)OC1=C(C(=O)c3ccccc3C1=O)C2c1ccc(Cl)nc1. The van der Waals surface area contributed by atoms with E-state index in [4.69, 9.17) is 16.3 Å². The number of nitrogens with zero attached hydrogens (tertiary/aromatic N) is 1. The average Bonchev–Trinajstić information content (AvgIpc) is 2.70. The van der Waals surface area contributed by atoms with E-state index >= 15 is 0 Å². The topological polar surface area (TPSA) is 73.3 Å². The Bertz CT molecular complexity index is 1200. The fourth-order valence-electron chi connectivity index (χ4n) is 4.59. The lowest BCUT2D eigenvalue weighted by atomic mass is 9.68. The van der Waals surface area contributed by atoms with Crippen molar-refractivity contribution in [1.82, 2.24) is 4.98 Å². The van der Waals surface area contributed by atoms with Crippen LogP contribution in [-0.4, -0.2) is 22.3 Å². The van der Waals surface area contributed by atoms with E-state index in [1.54, 1.807) is 42.6 Å². The molecule has 1 aromatic carbocycles. The van der Waals surface area contributed by atoms with Crippen LogP contribution in [0, 0.1) is 5.41 Å². The summed E-state index contributed by atoms with van der Waals surface area (Å²) in [6.45, 7) is 3.98. The number of rotatable bonds is 1. The fraction of sp³-hybridized carbons (Fsp3) is 0.250. The summed E-state index contributed by atoms with van der Waals surface area (Å²) < 4.78 is 6.04. The van der Waals surface area contributed by atoms with Gasteiger partial charge < -0.3 is 4.74 Å². The number of aromatic nitrogens is 1. The number of Topliss-reactive ketones (excluding diaryl/α,β-unsaturated/α-hetero) is 3. The maximum Gasteiger partial charge on any atom is 0.229 e. The van der Waals surface area contributed by atoms with Crippen molar-refractivity contribution < 1.29 is 19.1 Å². The smallest absolute Gasteiger partial charge is 0.229 e. The van der Waals surface area contributed by atoms with E-state index in [0.717, 1.165) is 0 Å². The van der Waals surface area contributed by atoms with Crippen molar-refractivity contribution in [2.45, 2.75) is 32.6 Å². The largest absolute Gasteiger partial charge is 0.457 e. The van der Waals surface area contributed by atoms with Crippen LogP contribution >= 0.6 is 11.6 Å². The van der Waals surface area contributed by atoms with Gasteiger partial charge in [-0.25, -0.2) is 4.98 Å². The third-order valence-electron chi connectivity index (χ3n) is 5.88. The molecule has 6 heteroatoms. The number of benzene rings is 1. The van der Waals surface area contributed by atoms with Crippen LogP contribution in [0.4, 0.5) is 0 Å². The van der Waals surface area contributed by atoms with E-state index < -0.39 is 5.92 Å². The second-order valence-electron chi connectivity index (χ2n) is 8.67. The van der Waals surface area contributed by atoms with E-state index in [1.807, 2.05) is 13.8 Å². The van der Waals surface area contributed by atoms with Gasteiger partial charge in [-0.1, -0.05) is 55.8 Å². The van der Waals surface area contributed by atoms with Crippen LogP contribution in [0.2, 0.25) is 5.15 Å². The lowest BCUT2D eigenvalue weighted by Crippen LogP contribution is -2.37. The lowest BCUT2D eigenvalue weighted by Gasteiger charge is -2.39. The number of hydrogen-bond donors (Lipinski definition) is 0. The first-order chi connectivity index (χ1) is 14.3. The normalized spacial score (nSPS) is 22.4. The Morgan fingerprint density at radius 2 is 1.67 bits per heavy atom. The molecule has 30 heavy (non-hydrogen) atoms. The lowest BCUT2D eigenvalue weighted by molar-refractivity contribution is -0.119. The minimum atomic E-state index is -0.707. The number of halogens is 1. The number of fused-ring (bicyclic) bond motifs is 1. The van der Waals surface area contributed by atoms with Crippen molar-refractivity contribution in [1.29, 1.82) is 0 Å². The summed E-state index contributed by atoms with van der Waals surface area (Å²) in [5, 5.41) is 0.307. The van der Waals surface area contributed by atoms with Crippen LogP contribution in [-0.2, 0) is 9.53 Å². The number of pyridine rings is 1. The second kappa shape index (κ2) is 6.47. The molecule has 2 aliphatic carbocycles. The van der Waals surface area contributed by atoms with Gasteiger partial charge in [-0.3, -0.25) is 14.4 Å². The monoisotopic (exact) mass is 419 g/mol. The van der Waals surface area contributed by atoms with Gasteiger partial charge in [-0.05, 0) is 17.0 Å². The third kappa shape index (κ3) is 2.76. The summed E-state index contributed by atoms with van der Waals surface area (Å²) in [7, 11) is 0. The Kier molecular flexibility index (Phi) is 4.09. The molecule has 2 aromatic rings. The van der Waals surface area contributed by atoms with Gasteiger partial charge in [0.1, 0.15) is 10.9 Å². The van der Waals surface area contributed by atoms with Gasteiger partial charge in [0, 0.05) is 35.7 Å². The van der Waals surface area contributed by atoms with Crippen LogP contribution < -0.4 is 0 Å². The van der Waals surface area contributed by atoms with Gasteiger partial charge >= 0.3 is 0 Å². The number of hydrogen-bond acceptors (Lipinski definition) is 5. The van der Waals surface area contributed by atoms with E-state index in [1.165, 1.54) is 0 Å². The van der Waals surface area contributed by atoms with Crippen molar-refractivity contribution in [3.63, 3.8) is 0 Å². The Hall–Kier alpha value is -3.05. The molecule has 5 nitrogen and oxygen atoms in total. The summed E-state index contributed by atoms with van der Waals surface area (Å²) in [6, 6.07) is 10.1. The van der Waals surface area contributed by atoms with Crippen molar-refractivity contribution in [2.75, 3.05) is 0 Å². The van der Waals surface area contributed by atoms with E-state index in [-0.39, 0.29) is 34.1 Å². The van der Waals surface area contributed by atoms with Crippen molar-refractivity contribution >= 4 is 29.0 Å². The predicted molar refractivity (Wildman–Crippen MR) is 110 cm³/mol. The summed E-state index contributed by atoms with van der Waals surface area (Å²) >= 11 is 5.96. The van der Waals surface area contributed by atoms with Gasteiger partial charge in [0.25, 0.3) is 0 Å². The van der Waals surface area contributed by atoms with Gasteiger partial charge in [-0.15, -0.1) is 0 Å². The molecule has 1 aromatic heterocycles. The minimum Gasteiger partial charge on any atom is -0.457 e. The standard InChI is InChI=1S/C24H18ClNO4/c1-24(2)9-15(27)19-16(10-24)30-23-20(18(19)12-7-8-17(25)26-11-12)21(28)13-5-3-4-6-14(13)22(23)29/h3-8,11,18H,9-10H2,1-2H3. The Labute approximate surface area is 178 Å². The fourth-order valence-corrected chi connectivity index (χ4v) is 4.70. The molecule has 0 bridgehead atoms. The zero-order valence-electron chi connectivity index (χ0n) is 16.5. The Morgan fingerprint density at radius 1 is 0.967 bits per heavy atom. The van der Waals surface area contributed by atoms with Crippen molar-refractivity contribution in [3.05, 3.63) is 87.1 Å². The molecular formula is C24H18ClNO4. The zero-order chi connectivity index (χ0) is 21.2. The molecule has 150 valence electrons. The number of ketones is 3. The third-order valence-corrected chi connectivity index (χ3v) is 6.10. The van der Waals surface area contributed by atoms with Crippen LogP contribution in [0.3, 0.4) is 0 Å². The predicted octanol–water partition coefficient (Wildman–Crippen LogP) is 4.83. The van der Waals surface area contributed by atoms with Crippen LogP contribution in [0.15, 0.2) is 65.3 Å². The Morgan fingerprint density at radius 3 is 2.33 bits per heavy atom. The molecule has 0 radical (unpaired) electrons. The first-order valence-corrected chi connectivity index (χ1v) is 10.1. The summed E-state index contributed by atoms with van der Waals surface area (Å²) in [6.07, 6.45) is 2.40. The maximum absolute atomic E-state index is 13.5. The molecule has 5 rings (SSSR count). The quantitative estimate of drug-likeness (QED) is 0.619. The molecule has 0 amide bonds.